The molecule has 0 radical (unpaired) electrons. The molecule has 0 aliphatic heterocycles. The molecule has 0 bridgehead atoms. The van der Waals surface area contributed by atoms with Gasteiger partial charge in [-0.15, -0.1) is 0 Å². The van der Waals surface area contributed by atoms with Crippen LogP contribution in [0.1, 0.15) is 5.56 Å². The van der Waals surface area contributed by atoms with Crippen LogP contribution in [0, 0.1) is 3.57 Å². The van der Waals surface area contributed by atoms with Gasteiger partial charge in [0.2, 0.25) is 0 Å². The van der Waals surface area contributed by atoms with Gasteiger partial charge in [-0.25, -0.2) is 0 Å². The quantitative estimate of drug-likeness (QED) is 0.310. The maximum Gasteiger partial charge on any atom is 0.146 e. The first-order chi connectivity index (χ1) is 12.6. The number of rotatable bonds is 9. The minimum atomic E-state index is 0.167. The van der Waals surface area contributed by atoms with Crippen molar-refractivity contribution in [2.45, 2.75) is 6.61 Å². The third kappa shape index (κ3) is 4.16. The van der Waals surface area contributed by atoms with Gasteiger partial charge in [-0.2, -0.15) is 0 Å². The van der Waals surface area contributed by atoms with Crippen molar-refractivity contribution >= 4 is 22.6 Å². The summed E-state index contributed by atoms with van der Waals surface area (Å²) in [6.45, 7) is 0.446. The first-order valence-corrected chi connectivity index (χ1v) is 8.92. The Labute approximate surface area is 167 Å². The molecule has 2 aromatic carbocycles. The molecule has 0 aromatic heterocycles. The Morgan fingerprint density at radius 1 is 0.731 bits per heavy atom. The van der Waals surface area contributed by atoms with Gasteiger partial charge in [-0.3, -0.25) is 0 Å². The second-order valence-corrected chi connectivity index (χ2v) is 6.40. The van der Waals surface area contributed by atoms with E-state index in [1.165, 1.54) is 0 Å². The molecule has 0 unspecified atom stereocenters. The molecule has 142 valence electrons. The van der Waals surface area contributed by atoms with E-state index in [-0.39, 0.29) is 13.4 Å². The zero-order valence-electron chi connectivity index (χ0n) is 15.6. The van der Waals surface area contributed by atoms with Crippen LogP contribution in [0.15, 0.2) is 24.3 Å². The molecule has 0 saturated carbocycles. The molecule has 0 spiro atoms. The summed E-state index contributed by atoms with van der Waals surface area (Å²) >= 11 is 2.23. The molecular formula is C19H23IO6. The van der Waals surface area contributed by atoms with Crippen molar-refractivity contribution in [1.82, 2.24) is 0 Å². The van der Waals surface area contributed by atoms with Crippen molar-refractivity contribution in [3.05, 3.63) is 33.4 Å². The van der Waals surface area contributed by atoms with Crippen LogP contribution >= 0.6 is 22.6 Å². The average molecular weight is 474 g/mol. The summed E-state index contributed by atoms with van der Waals surface area (Å²) in [5.41, 5.74) is 2.41. The fraction of sp³-hybridized carbons (Fsp3) is 0.368. The van der Waals surface area contributed by atoms with Gasteiger partial charge in [-0.1, -0.05) is 0 Å². The number of benzene rings is 2. The second kappa shape index (κ2) is 9.84. The molecule has 2 rings (SSSR count). The zero-order valence-corrected chi connectivity index (χ0v) is 17.7. The minimum absolute atomic E-state index is 0.167. The summed E-state index contributed by atoms with van der Waals surface area (Å²) in [4.78, 5) is 0. The normalized spacial score (nSPS) is 10.5. The van der Waals surface area contributed by atoms with Crippen molar-refractivity contribution in [3.63, 3.8) is 0 Å². The highest BCUT2D eigenvalue weighted by Crippen LogP contribution is 2.48. The predicted molar refractivity (Wildman–Crippen MR) is 107 cm³/mol. The number of hydrogen-bond donors (Lipinski definition) is 0. The van der Waals surface area contributed by atoms with Crippen LogP contribution in [-0.2, 0) is 16.1 Å². The van der Waals surface area contributed by atoms with Crippen LogP contribution in [0.4, 0.5) is 0 Å². The SMILES string of the molecule is COCOCc1c(OC)ccc(OC)c1-c1c(OC)ccc(I)c1OC. The summed E-state index contributed by atoms with van der Waals surface area (Å²) in [7, 11) is 8.08. The predicted octanol–water partition coefficient (Wildman–Crippen LogP) is 4.11. The van der Waals surface area contributed by atoms with E-state index in [1.54, 1.807) is 35.5 Å². The van der Waals surface area contributed by atoms with Gasteiger partial charge in [0, 0.05) is 18.2 Å². The Morgan fingerprint density at radius 3 is 1.88 bits per heavy atom. The highest BCUT2D eigenvalue weighted by molar-refractivity contribution is 14.1. The molecule has 7 heteroatoms. The van der Waals surface area contributed by atoms with E-state index < -0.39 is 0 Å². The van der Waals surface area contributed by atoms with Crippen molar-refractivity contribution < 1.29 is 28.4 Å². The van der Waals surface area contributed by atoms with E-state index in [9.17, 15) is 0 Å². The van der Waals surface area contributed by atoms with Crippen LogP contribution in [0.2, 0.25) is 0 Å². The first kappa shape index (κ1) is 20.6. The lowest BCUT2D eigenvalue weighted by molar-refractivity contribution is -0.0394. The second-order valence-electron chi connectivity index (χ2n) is 5.24. The van der Waals surface area contributed by atoms with E-state index in [1.807, 2.05) is 24.3 Å². The molecular weight excluding hydrogens is 451 g/mol. The molecule has 0 aliphatic carbocycles. The molecule has 0 fully saturated rings. The minimum Gasteiger partial charge on any atom is -0.496 e. The van der Waals surface area contributed by atoms with Gasteiger partial charge < -0.3 is 28.4 Å². The largest absolute Gasteiger partial charge is 0.496 e. The molecule has 0 atom stereocenters. The fourth-order valence-corrected chi connectivity index (χ4v) is 3.43. The lowest BCUT2D eigenvalue weighted by atomic mass is 9.96. The third-order valence-electron chi connectivity index (χ3n) is 3.86. The first-order valence-electron chi connectivity index (χ1n) is 7.84. The lowest BCUT2D eigenvalue weighted by Gasteiger charge is -2.21. The standard InChI is InChI=1S/C19H23IO6/c1-21-11-26-10-12-14(22-2)8-9-15(23-3)17(12)18-16(24-4)7-6-13(20)19(18)25-5/h6-9H,10-11H2,1-5H3. The van der Waals surface area contributed by atoms with Crippen LogP contribution in [0.5, 0.6) is 23.0 Å². The highest BCUT2D eigenvalue weighted by atomic mass is 127. The monoisotopic (exact) mass is 474 g/mol. The Balaban J connectivity index is 2.80. The van der Waals surface area contributed by atoms with Gasteiger partial charge >= 0.3 is 0 Å². The zero-order chi connectivity index (χ0) is 19.1. The Morgan fingerprint density at radius 2 is 1.31 bits per heavy atom. The van der Waals surface area contributed by atoms with Gasteiger partial charge in [0.1, 0.15) is 29.8 Å². The Bertz CT molecular complexity index is 747. The molecule has 0 amide bonds. The summed E-state index contributed by atoms with van der Waals surface area (Å²) < 4.78 is 34.0. The smallest absolute Gasteiger partial charge is 0.146 e. The van der Waals surface area contributed by atoms with Gasteiger partial charge in [-0.05, 0) is 46.9 Å². The molecule has 26 heavy (non-hydrogen) atoms. The molecule has 2 aromatic rings. The fourth-order valence-electron chi connectivity index (χ4n) is 2.76. The maximum absolute atomic E-state index is 5.68. The third-order valence-corrected chi connectivity index (χ3v) is 4.71. The summed E-state index contributed by atoms with van der Waals surface area (Å²) in [5, 5.41) is 0. The number of methoxy groups -OCH3 is 5. The van der Waals surface area contributed by atoms with E-state index >= 15 is 0 Å². The molecule has 0 heterocycles. The van der Waals surface area contributed by atoms with Crippen LogP contribution in [0.3, 0.4) is 0 Å². The molecule has 0 saturated heterocycles. The van der Waals surface area contributed by atoms with Crippen molar-refractivity contribution in [3.8, 4) is 34.1 Å². The Hall–Kier alpha value is -1.71. The summed E-state index contributed by atoms with van der Waals surface area (Å²) in [6, 6.07) is 7.54. The van der Waals surface area contributed by atoms with Crippen molar-refractivity contribution in [1.29, 1.82) is 0 Å². The van der Waals surface area contributed by atoms with Crippen molar-refractivity contribution in [2.75, 3.05) is 42.3 Å². The maximum atomic E-state index is 5.68. The lowest BCUT2D eigenvalue weighted by Crippen LogP contribution is -2.05. The van der Waals surface area contributed by atoms with E-state index in [0.717, 1.165) is 20.3 Å². The van der Waals surface area contributed by atoms with Crippen molar-refractivity contribution in [2.24, 2.45) is 0 Å². The van der Waals surface area contributed by atoms with Crippen LogP contribution < -0.4 is 18.9 Å². The van der Waals surface area contributed by atoms with Crippen LogP contribution in [-0.4, -0.2) is 42.3 Å². The number of halogens is 1. The Kier molecular flexibility index (Phi) is 7.80. The molecule has 6 nitrogen and oxygen atoms in total. The van der Waals surface area contributed by atoms with Gasteiger partial charge in [0.15, 0.2) is 0 Å². The van der Waals surface area contributed by atoms with E-state index in [2.05, 4.69) is 22.6 Å². The summed E-state index contributed by atoms with van der Waals surface area (Å²) in [5.74, 6) is 2.71. The van der Waals surface area contributed by atoms with Crippen LogP contribution in [0.25, 0.3) is 11.1 Å². The number of ether oxygens (including phenoxy) is 6. The van der Waals surface area contributed by atoms with Gasteiger partial charge in [0.05, 0.1) is 44.2 Å². The topological polar surface area (TPSA) is 55.4 Å². The molecule has 0 N–H and O–H groups in total. The molecule has 0 aliphatic rings. The summed E-state index contributed by atoms with van der Waals surface area (Å²) in [6.07, 6.45) is 0. The highest BCUT2D eigenvalue weighted by Gasteiger charge is 2.24. The number of hydrogen-bond acceptors (Lipinski definition) is 6. The van der Waals surface area contributed by atoms with E-state index in [0.29, 0.717) is 23.0 Å². The van der Waals surface area contributed by atoms with Gasteiger partial charge in [0.25, 0.3) is 0 Å². The average Bonchev–Trinajstić information content (AvgIpc) is 2.67. The van der Waals surface area contributed by atoms with E-state index in [4.69, 9.17) is 28.4 Å².